The van der Waals surface area contributed by atoms with Crippen molar-refractivity contribution in [2.24, 2.45) is 0 Å². The van der Waals surface area contributed by atoms with E-state index in [-0.39, 0.29) is 0 Å². The second-order valence-electron chi connectivity index (χ2n) is 4.70. The quantitative estimate of drug-likeness (QED) is 0.839. The fraction of sp³-hybridized carbons (Fsp3) is 0.385. The smallest absolute Gasteiger partial charge is 0.412 e. The molecule has 0 saturated carbocycles. The number of aldehydes is 1. The minimum atomic E-state index is -0.565. The number of rotatable bonds is 3. The maximum Gasteiger partial charge on any atom is 0.412 e. The largest absolute Gasteiger partial charge is 0.496 e. The number of carbonyl (C=O) groups is 2. The van der Waals surface area contributed by atoms with Gasteiger partial charge in [0.1, 0.15) is 11.4 Å². The summed E-state index contributed by atoms with van der Waals surface area (Å²) in [5.74, 6) is 0.458. The van der Waals surface area contributed by atoms with Crippen molar-refractivity contribution in [2.45, 2.75) is 26.4 Å². The van der Waals surface area contributed by atoms with Gasteiger partial charge in [0.05, 0.1) is 12.7 Å². The molecule has 0 atom stereocenters. The van der Waals surface area contributed by atoms with Gasteiger partial charge in [-0.2, -0.15) is 0 Å². The van der Waals surface area contributed by atoms with E-state index in [0.717, 1.165) is 0 Å². The summed E-state index contributed by atoms with van der Waals surface area (Å²) in [6.07, 6.45) is 0.101. The third-order valence-electron chi connectivity index (χ3n) is 2.00. The molecule has 1 aromatic rings. The molecule has 0 aliphatic heterocycles. The summed E-state index contributed by atoms with van der Waals surface area (Å²) >= 11 is 0. The highest BCUT2D eigenvalue weighted by atomic mass is 16.6. The zero-order valence-corrected chi connectivity index (χ0v) is 10.9. The van der Waals surface area contributed by atoms with Gasteiger partial charge in [-0.15, -0.1) is 0 Å². The van der Waals surface area contributed by atoms with E-state index in [4.69, 9.17) is 9.47 Å². The number of methoxy groups -OCH3 is 1. The molecular weight excluding hydrogens is 234 g/mol. The zero-order chi connectivity index (χ0) is 13.8. The number of amides is 1. The standard InChI is InChI=1S/C13H17NO4/c1-13(2,3)18-12(16)14-10-5-6-11(17-4)9(7-10)8-15/h5-8H,1-4H3,(H,14,16). The van der Waals surface area contributed by atoms with Crippen LogP contribution in [0.5, 0.6) is 5.75 Å². The number of carbonyl (C=O) groups excluding carboxylic acids is 2. The Kier molecular flexibility index (Phi) is 4.31. The number of ether oxygens (including phenoxy) is 2. The number of nitrogens with one attached hydrogen (secondary N) is 1. The van der Waals surface area contributed by atoms with E-state index >= 15 is 0 Å². The first kappa shape index (κ1) is 14.0. The molecule has 98 valence electrons. The lowest BCUT2D eigenvalue weighted by Crippen LogP contribution is -2.27. The van der Waals surface area contributed by atoms with Crippen LogP contribution in [0.25, 0.3) is 0 Å². The third kappa shape index (κ3) is 4.08. The van der Waals surface area contributed by atoms with E-state index in [0.29, 0.717) is 23.3 Å². The Hall–Kier alpha value is -2.04. The van der Waals surface area contributed by atoms with Crippen LogP contribution >= 0.6 is 0 Å². The van der Waals surface area contributed by atoms with Crippen LogP contribution in [0.3, 0.4) is 0 Å². The molecule has 1 rings (SSSR count). The van der Waals surface area contributed by atoms with E-state index in [1.165, 1.54) is 13.2 Å². The third-order valence-corrected chi connectivity index (χ3v) is 2.00. The van der Waals surface area contributed by atoms with Crippen LogP contribution in [-0.2, 0) is 4.74 Å². The van der Waals surface area contributed by atoms with E-state index in [1.807, 2.05) is 0 Å². The molecule has 1 N–H and O–H groups in total. The van der Waals surface area contributed by atoms with Gasteiger partial charge in [-0.05, 0) is 39.0 Å². The number of hydrogen-bond acceptors (Lipinski definition) is 4. The second-order valence-corrected chi connectivity index (χ2v) is 4.70. The SMILES string of the molecule is COc1ccc(NC(=O)OC(C)(C)C)cc1C=O. The van der Waals surface area contributed by atoms with Crippen molar-refractivity contribution in [1.29, 1.82) is 0 Å². The lowest BCUT2D eigenvalue weighted by Gasteiger charge is -2.19. The molecule has 18 heavy (non-hydrogen) atoms. The Balaban J connectivity index is 2.80. The molecule has 5 heteroatoms. The van der Waals surface area contributed by atoms with Crippen LogP contribution < -0.4 is 10.1 Å². The summed E-state index contributed by atoms with van der Waals surface area (Å²) in [5, 5.41) is 2.55. The van der Waals surface area contributed by atoms with Gasteiger partial charge in [0.25, 0.3) is 0 Å². The Labute approximate surface area is 106 Å². The van der Waals surface area contributed by atoms with Gasteiger partial charge in [-0.25, -0.2) is 4.79 Å². The van der Waals surface area contributed by atoms with Crippen molar-refractivity contribution in [3.05, 3.63) is 23.8 Å². The van der Waals surface area contributed by atoms with Gasteiger partial charge in [0, 0.05) is 5.69 Å². The summed E-state index contributed by atoms with van der Waals surface area (Å²) in [6, 6.07) is 4.77. The normalized spacial score (nSPS) is 10.7. The van der Waals surface area contributed by atoms with Crippen molar-refractivity contribution in [3.63, 3.8) is 0 Å². The predicted octanol–water partition coefficient (Wildman–Crippen LogP) is 2.85. The van der Waals surface area contributed by atoms with Crippen molar-refractivity contribution in [3.8, 4) is 5.75 Å². The molecule has 0 unspecified atom stereocenters. The first-order valence-corrected chi connectivity index (χ1v) is 5.49. The summed E-state index contributed by atoms with van der Waals surface area (Å²) < 4.78 is 10.1. The molecule has 0 aliphatic rings. The van der Waals surface area contributed by atoms with Gasteiger partial charge in [0.15, 0.2) is 6.29 Å². The van der Waals surface area contributed by atoms with Gasteiger partial charge >= 0.3 is 6.09 Å². The van der Waals surface area contributed by atoms with Gasteiger partial charge in [-0.1, -0.05) is 0 Å². The molecule has 5 nitrogen and oxygen atoms in total. The average molecular weight is 251 g/mol. The molecule has 1 amide bonds. The molecule has 0 bridgehead atoms. The molecule has 0 saturated heterocycles. The summed E-state index contributed by atoms with van der Waals surface area (Å²) in [7, 11) is 1.48. The fourth-order valence-corrected chi connectivity index (χ4v) is 1.33. The molecule has 0 spiro atoms. The van der Waals surface area contributed by atoms with Crippen LogP contribution in [-0.4, -0.2) is 25.1 Å². The van der Waals surface area contributed by atoms with Gasteiger partial charge < -0.3 is 9.47 Å². The molecule has 0 radical (unpaired) electrons. The van der Waals surface area contributed by atoms with E-state index < -0.39 is 11.7 Å². The summed E-state index contributed by atoms with van der Waals surface area (Å²) in [6.45, 7) is 5.33. The maximum absolute atomic E-state index is 11.5. The first-order valence-electron chi connectivity index (χ1n) is 5.49. The van der Waals surface area contributed by atoms with Crippen LogP contribution in [0.2, 0.25) is 0 Å². The summed E-state index contributed by atoms with van der Waals surface area (Å²) in [4.78, 5) is 22.4. The minimum Gasteiger partial charge on any atom is -0.496 e. The van der Waals surface area contributed by atoms with Gasteiger partial charge in [-0.3, -0.25) is 10.1 Å². The van der Waals surface area contributed by atoms with E-state index in [9.17, 15) is 9.59 Å². The average Bonchev–Trinajstić information content (AvgIpc) is 2.26. The molecule has 0 aliphatic carbocycles. The Morgan fingerprint density at radius 3 is 2.50 bits per heavy atom. The topological polar surface area (TPSA) is 64.6 Å². The highest BCUT2D eigenvalue weighted by molar-refractivity contribution is 5.88. The molecular formula is C13H17NO4. The van der Waals surface area contributed by atoms with Crippen LogP contribution in [0.1, 0.15) is 31.1 Å². The van der Waals surface area contributed by atoms with Gasteiger partial charge in [0.2, 0.25) is 0 Å². The maximum atomic E-state index is 11.5. The van der Waals surface area contributed by atoms with Crippen LogP contribution in [0.4, 0.5) is 10.5 Å². The van der Waals surface area contributed by atoms with Crippen molar-refractivity contribution >= 4 is 18.1 Å². The van der Waals surface area contributed by atoms with E-state index in [1.54, 1.807) is 32.9 Å². The number of hydrogen-bond donors (Lipinski definition) is 1. The molecule has 0 aromatic heterocycles. The van der Waals surface area contributed by atoms with Crippen LogP contribution in [0.15, 0.2) is 18.2 Å². The Morgan fingerprint density at radius 1 is 1.33 bits per heavy atom. The van der Waals surface area contributed by atoms with Crippen molar-refractivity contribution in [2.75, 3.05) is 12.4 Å². The Morgan fingerprint density at radius 2 is 2.00 bits per heavy atom. The second kappa shape index (κ2) is 5.53. The molecule has 0 fully saturated rings. The highest BCUT2D eigenvalue weighted by Gasteiger charge is 2.16. The zero-order valence-electron chi connectivity index (χ0n) is 10.9. The molecule has 0 heterocycles. The summed E-state index contributed by atoms with van der Waals surface area (Å²) in [5.41, 5.74) is 0.280. The van der Waals surface area contributed by atoms with Crippen molar-refractivity contribution in [1.82, 2.24) is 0 Å². The predicted molar refractivity (Wildman–Crippen MR) is 68.2 cm³/mol. The number of anilines is 1. The first-order chi connectivity index (χ1) is 8.35. The Bertz CT molecular complexity index is 449. The fourth-order valence-electron chi connectivity index (χ4n) is 1.33. The monoisotopic (exact) mass is 251 g/mol. The highest BCUT2D eigenvalue weighted by Crippen LogP contribution is 2.21. The van der Waals surface area contributed by atoms with E-state index in [2.05, 4.69) is 5.32 Å². The molecule has 1 aromatic carbocycles. The lowest BCUT2D eigenvalue weighted by molar-refractivity contribution is 0.0635. The minimum absolute atomic E-state index is 0.367. The van der Waals surface area contributed by atoms with Crippen LogP contribution in [0, 0.1) is 0 Å². The number of benzene rings is 1. The lowest BCUT2D eigenvalue weighted by atomic mass is 10.2. The van der Waals surface area contributed by atoms with Crippen molar-refractivity contribution < 1.29 is 19.1 Å².